The number of amides is 1. The minimum absolute atomic E-state index is 0.185. The molecule has 1 amide bonds. The standard InChI is InChI=1S/C18H17N3O3/c1-24-18(23)14-7-5-13(6-8-14)17(22)19-10-9-15-12-21-11-3-2-4-16(21)20-15/h2-8,11-12H,9-10H2,1H3,(H,19,22). The Bertz CT molecular complexity index is 836. The van der Waals surface area contributed by atoms with Crippen LogP contribution in [0, 0.1) is 0 Å². The summed E-state index contributed by atoms with van der Waals surface area (Å²) in [6.45, 7) is 0.488. The molecule has 1 aromatic carbocycles. The van der Waals surface area contributed by atoms with Crippen LogP contribution >= 0.6 is 0 Å². The molecular formula is C18H17N3O3. The molecular weight excluding hydrogens is 306 g/mol. The number of carbonyl (C=O) groups excluding carboxylic acids is 2. The highest BCUT2D eigenvalue weighted by Gasteiger charge is 2.09. The van der Waals surface area contributed by atoms with Crippen LogP contribution in [-0.4, -0.2) is 34.9 Å². The van der Waals surface area contributed by atoms with Crippen molar-refractivity contribution in [1.82, 2.24) is 14.7 Å². The lowest BCUT2D eigenvalue weighted by molar-refractivity contribution is 0.0600. The van der Waals surface area contributed by atoms with Crippen molar-refractivity contribution in [1.29, 1.82) is 0 Å². The van der Waals surface area contributed by atoms with E-state index in [0.717, 1.165) is 11.3 Å². The molecule has 0 radical (unpaired) electrons. The predicted octanol–water partition coefficient (Wildman–Crippen LogP) is 2.09. The molecule has 0 spiro atoms. The molecule has 6 heteroatoms. The Morgan fingerprint density at radius 3 is 2.58 bits per heavy atom. The molecule has 0 atom stereocenters. The van der Waals surface area contributed by atoms with Crippen LogP contribution in [0.2, 0.25) is 0 Å². The maximum absolute atomic E-state index is 12.1. The first-order chi connectivity index (χ1) is 11.7. The number of fused-ring (bicyclic) bond motifs is 1. The lowest BCUT2D eigenvalue weighted by Crippen LogP contribution is -2.25. The van der Waals surface area contributed by atoms with Gasteiger partial charge in [0.1, 0.15) is 5.65 Å². The number of nitrogens with one attached hydrogen (secondary N) is 1. The third-order valence-electron chi connectivity index (χ3n) is 3.65. The van der Waals surface area contributed by atoms with Gasteiger partial charge in [0.15, 0.2) is 0 Å². The van der Waals surface area contributed by atoms with Gasteiger partial charge in [-0.05, 0) is 36.4 Å². The molecule has 0 saturated heterocycles. The van der Waals surface area contributed by atoms with Gasteiger partial charge in [-0.25, -0.2) is 9.78 Å². The smallest absolute Gasteiger partial charge is 0.337 e. The van der Waals surface area contributed by atoms with Gasteiger partial charge < -0.3 is 14.5 Å². The van der Waals surface area contributed by atoms with E-state index < -0.39 is 5.97 Å². The third kappa shape index (κ3) is 3.43. The van der Waals surface area contributed by atoms with Crippen molar-refractivity contribution in [3.05, 3.63) is 71.7 Å². The van der Waals surface area contributed by atoms with Gasteiger partial charge in [-0.1, -0.05) is 6.07 Å². The van der Waals surface area contributed by atoms with Gasteiger partial charge >= 0.3 is 5.97 Å². The number of aromatic nitrogens is 2. The fourth-order valence-corrected chi connectivity index (χ4v) is 2.39. The van der Waals surface area contributed by atoms with Crippen molar-refractivity contribution in [2.24, 2.45) is 0 Å². The monoisotopic (exact) mass is 323 g/mol. The highest BCUT2D eigenvalue weighted by molar-refractivity contribution is 5.96. The lowest BCUT2D eigenvalue weighted by Gasteiger charge is -2.05. The largest absolute Gasteiger partial charge is 0.465 e. The first-order valence-electron chi connectivity index (χ1n) is 7.56. The third-order valence-corrected chi connectivity index (χ3v) is 3.65. The number of ether oxygens (including phenoxy) is 1. The Kier molecular flexibility index (Phi) is 4.56. The zero-order valence-electron chi connectivity index (χ0n) is 13.2. The molecule has 0 saturated carbocycles. The van der Waals surface area contributed by atoms with E-state index in [1.165, 1.54) is 7.11 Å². The van der Waals surface area contributed by atoms with E-state index in [2.05, 4.69) is 15.0 Å². The van der Waals surface area contributed by atoms with Crippen LogP contribution in [0.4, 0.5) is 0 Å². The fraction of sp³-hybridized carbons (Fsp3) is 0.167. The maximum atomic E-state index is 12.1. The van der Waals surface area contributed by atoms with Gasteiger partial charge in [0.05, 0.1) is 18.4 Å². The van der Waals surface area contributed by atoms with Crippen molar-refractivity contribution < 1.29 is 14.3 Å². The van der Waals surface area contributed by atoms with Crippen molar-refractivity contribution in [2.45, 2.75) is 6.42 Å². The molecule has 2 heterocycles. The Morgan fingerprint density at radius 1 is 1.12 bits per heavy atom. The van der Waals surface area contributed by atoms with E-state index in [0.29, 0.717) is 24.1 Å². The van der Waals surface area contributed by atoms with E-state index in [-0.39, 0.29) is 5.91 Å². The molecule has 122 valence electrons. The van der Waals surface area contributed by atoms with E-state index in [9.17, 15) is 9.59 Å². The summed E-state index contributed by atoms with van der Waals surface area (Å²) in [6, 6.07) is 12.2. The summed E-state index contributed by atoms with van der Waals surface area (Å²) in [5, 5.41) is 2.85. The second kappa shape index (κ2) is 6.95. The number of imidazole rings is 1. The topological polar surface area (TPSA) is 72.7 Å². The number of hydrogen-bond acceptors (Lipinski definition) is 4. The molecule has 2 aromatic heterocycles. The average Bonchev–Trinajstić information content (AvgIpc) is 3.03. The molecule has 0 aliphatic rings. The van der Waals surface area contributed by atoms with Crippen LogP contribution in [-0.2, 0) is 11.2 Å². The van der Waals surface area contributed by atoms with Crippen LogP contribution in [0.15, 0.2) is 54.9 Å². The van der Waals surface area contributed by atoms with Crippen molar-refractivity contribution in [3.63, 3.8) is 0 Å². The summed E-state index contributed by atoms with van der Waals surface area (Å²) >= 11 is 0. The molecule has 6 nitrogen and oxygen atoms in total. The van der Waals surface area contributed by atoms with E-state index in [4.69, 9.17) is 0 Å². The van der Waals surface area contributed by atoms with Crippen molar-refractivity contribution >= 4 is 17.5 Å². The highest BCUT2D eigenvalue weighted by atomic mass is 16.5. The second-order valence-electron chi connectivity index (χ2n) is 5.27. The van der Waals surface area contributed by atoms with Crippen molar-refractivity contribution in [2.75, 3.05) is 13.7 Å². The van der Waals surface area contributed by atoms with Crippen LogP contribution in [0.25, 0.3) is 5.65 Å². The zero-order chi connectivity index (χ0) is 16.9. The number of rotatable bonds is 5. The first kappa shape index (κ1) is 15.7. The Morgan fingerprint density at radius 2 is 1.88 bits per heavy atom. The van der Waals surface area contributed by atoms with E-state index in [1.54, 1.807) is 24.3 Å². The van der Waals surface area contributed by atoms with Gasteiger partial charge in [0.25, 0.3) is 5.91 Å². The summed E-state index contributed by atoms with van der Waals surface area (Å²) in [6.07, 6.45) is 4.54. The highest BCUT2D eigenvalue weighted by Crippen LogP contribution is 2.07. The molecule has 0 bridgehead atoms. The maximum Gasteiger partial charge on any atom is 0.337 e. The Hall–Kier alpha value is -3.15. The van der Waals surface area contributed by atoms with Crippen LogP contribution < -0.4 is 5.32 Å². The molecule has 0 unspecified atom stereocenters. The van der Waals surface area contributed by atoms with Crippen LogP contribution in [0.5, 0.6) is 0 Å². The normalized spacial score (nSPS) is 10.5. The molecule has 1 N–H and O–H groups in total. The minimum atomic E-state index is -0.422. The van der Waals surface area contributed by atoms with Gasteiger partial charge in [0.2, 0.25) is 0 Å². The van der Waals surface area contributed by atoms with Crippen LogP contribution in [0.3, 0.4) is 0 Å². The fourth-order valence-electron chi connectivity index (χ4n) is 2.39. The van der Waals surface area contributed by atoms with Gasteiger partial charge in [-0.2, -0.15) is 0 Å². The number of nitrogens with zero attached hydrogens (tertiary/aromatic N) is 2. The summed E-state index contributed by atoms with van der Waals surface area (Å²) < 4.78 is 6.57. The molecule has 3 rings (SSSR count). The molecule has 0 aliphatic carbocycles. The minimum Gasteiger partial charge on any atom is -0.465 e. The quantitative estimate of drug-likeness (QED) is 0.730. The number of pyridine rings is 1. The van der Waals surface area contributed by atoms with E-state index in [1.807, 2.05) is 35.0 Å². The lowest BCUT2D eigenvalue weighted by atomic mass is 10.1. The number of esters is 1. The molecule has 3 aromatic rings. The number of benzene rings is 1. The second-order valence-corrected chi connectivity index (χ2v) is 5.27. The zero-order valence-corrected chi connectivity index (χ0v) is 13.2. The van der Waals surface area contributed by atoms with Gasteiger partial charge in [-0.15, -0.1) is 0 Å². The number of carbonyl (C=O) groups is 2. The number of methoxy groups -OCH3 is 1. The van der Waals surface area contributed by atoms with Crippen LogP contribution in [0.1, 0.15) is 26.4 Å². The summed E-state index contributed by atoms with van der Waals surface area (Å²) in [5.41, 5.74) is 2.72. The average molecular weight is 323 g/mol. The summed E-state index contributed by atoms with van der Waals surface area (Å²) in [4.78, 5) is 28.0. The predicted molar refractivity (Wildman–Crippen MR) is 89.0 cm³/mol. The van der Waals surface area contributed by atoms with Gasteiger partial charge in [0, 0.05) is 30.9 Å². The van der Waals surface area contributed by atoms with Gasteiger partial charge in [-0.3, -0.25) is 4.79 Å². The molecule has 24 heavy (non-hydrogen) atoms. The molecule has 0 aliphatic heterocycles. The Labute approximate surface area is 139 Å². The SMILES string of the molecule is COC(=O)c1ccc(C(=O)NCCc2cn3ccccc3n2)cc1. The Balaban J connectivity index is 1.56. The van der Waals surface area contributed by atoms with E-state index >= 15 is 0 Å². The summed E-state index contributed by atoms with van der Waals surface area (Å²) in [5.74, 6) is -0.607. The first-order valence-corrected chi connectivity index (χ1v) is 7.56. The number of hydrogen-bond donors (Lipinski definition) is 1. The summed E-state index contributed by atoms with van der Waals surface area (Å²) in [7, 11) is 1.32. The molecule has 0 fully saturated rings. The van der Waals surface area contributed by atoms with Crippen molar-refractivity contribution in [3.8, 4) is 0 Å².